The molecule has 2 atom stereocenters. The van der Waals surface area contributed by atoms with E-state index >= 15 is 0 Å². The molecule has 2 aromatic carbocycles. The SMILES string of the molecule is Cc1ccc(-c2cc(C(=O)CC(C)c3cnccn3)cc(C3=NOC(c4ccccn4)C3)c2)c(F)c1. The molecule has 2 aromatic heterocycles. The van der Waals surface area contributed by atoms with E-state index in [1.54, 1.807) is 36.9 Å². The van der Waals surface area contributed by atoms with E-state index in [4.69, 9.17) is 4.84 Å². The first-order valence-corrected chi connectivity index (χ1v) is 11.8. The number of halogens is 1. The first kappa shape index (κ1) is 23.5. The lowest BCUT2D eigenvalue weighted by molar-refractivity contribution is 0.0826. The Morgan fingerprint density at radius 2 is 1.92 bits per heavy atom. The standard InChI is InChI=1S/C29H25FN4O2/c1-18-6-7-23(24(30)11-18)20-13-21(26-16-29(36-34-26)25-5-3-4-8-32-25)15-22(14-20)28(35)12-19(2)27-17-31-9-10-33-27/h3-11,13-15,17,19,29H,12,16H2,1-2H3. The molecule has 0 saturated heterocycles. The lowest BCUT2D eigenvalue weighted by atomic mass is 9.91. The van der Waals surface area contributed by atoms with E-state index in [1.165, 1.54) is 6.07 Å². The summed E-state index contributed by atoms with van der Waals surface area (Å²) in [6, 6.07) is 16.1. The van der Waals surface area contributed by atoms with Gasteiger partial charge in [0.1, 0.15) is 5.82 Å². The quantitative estimate of drug-likeness (QED) is 0.293. The number of pyridine rings is 1. The minimum atomic E-state index is -0.338. The largest absolute Gasteiger partial charge is 0.385 e. The topological polar surface area (TPSA) is 77.3 Å². The molecule has 0 spiro atoms. The minimum absolute atomic E-state index is 0.0652. The van der Waals surface area contributed by atoms with Crippen molar-refractivity contribution in [2.24, 2.45) is 5.16 Å². The van der Waals surface area contributed by atoms with Gasteiger partial charge in [0, 0.05) is 60.2 Å². The van der Waals surface area contributed by atoms with Crippen LogP contribution in [0.5, 0.6) is 0 Å². The Bertz CT molecular complexity index is 1420. The Labute approximate surface area is 208 Å². The number of nitrogens with zero attached hydrogens (tertiary/aromatic N) is 4. The second-order valence-corrected chi connectivity index (χ2v) is 9.03. The third-order valence-corrected chi connectivity index (χ3v) is 6.29. The third-order valence-electron chi connectivity index (χ3n) is 6.29. The van der Waals surface area contributed by atoms with Gasteiger partial charge in [-0.15, -0.1) is 0 Å². The summed E-state index contributed by atoms with van der Waals surface area (Å²) in [5.41, 5.74) is 5.31. The van der Waals surface area contributed by atoms with Crippen LogP contribution in [0.1, 0.15) is 64.7 Å². The molecule has 0 fully saturated rings. The molecular weight excluding hydrogens is 455 g/mol. The zero-order valence-electron chi connectivity index (χ0n) is 20.1. The Morgan fingerprint density at radius 3 is 2.67 bits per heavy atom. The zero-order chi connectivity index (χ0) is 25.1. The summed E-state index contributed by atoms with van der Waals surface area (Å²) in [6.07, 6.45) is 7.04. The number of hydrogen-bond donors (Lipinski definition) is 0. The number of benzene rings is 2. The van der Waals surface area contributed by atoms with E-state index in [1.807, 2.05) is 50.2 Å². The number of Topliss-reactive ketones (excluding diaryl/α,β-unsaturated/α-hetero) is 1. The second-order valence-electron chi connectivity index (χ2n) is 9.03. The summed E-state index contributed by atoms with van der Waals surface area (Å²) in [5, 5.41) is 4.30. The van der Waals surface area contributed by atoms with Crippen LogP contribution in [0.3, 0.4) is 0 Å². The van der Waals surface area contributed by atoms with E-state index < -0.39 is 0 Å². The smallest absolute Gasteiger partial charge is 0.174 e. The van der Waals surface area contributed by atoms with Crippen molar-refractivity contribution < 1.29 is 14.0 Å². The highest BCUT2D eigenvalue weighted by Gasteiger charge is 2.26. The average molecular weight is 481 g/mol. The Morgan fingerprint density at radius 1 is 1.06 bits per heavy atom. The monoisotopic (exact) mass is 480 g/mol. The Kier molecular flexibility index (Phi) is 6.62. The first-order chi connectivity index (χ1) is 17.5. The lowest BCUT2D eigenvalue weighted by Gasteiger charge is -2.13. The highest BCUT2D eigenvalue weighted by atomic mass is 19.1. The van der Waals surface area contributed by atoms with Crippen molar-refractivity contribution in [3.8, 4) is 11.1 Å². The molecule has 0 radical (unpaired) electrons. The van der Waals surface area contributed by atoms with Crippen LogP contribution in [-0.4, -0.2) is 26.4 Å². The highest BCUT2D eigenvalue weighted by molar-refractivity contribution is 6.06. The number of aryl methyl sites for hydroxylation is 1. The maximum Gasteiger partial charge on any atom is 0.174 e. The van der Waals surface area contributed by atoms with E-state index in [9.17, 15) is 9.18 Å². The number of rotatable bonds is 7. The molecular formula is C29H25FN4O2. The van der Waals surface area contributed by atoms with Crippen molar-refractivity contribution in [3.63, 3.8) is 0 Å². The van der Waals surface area contributed by atoms with Gasteiger partial charge in [0.25, 0.3) is 0 Å². The number of hydrogen-bond acceptors (Lipinski definition) is 6. The predicted octanol–water partition coefficient (Wildman–Crippen LogP) is 6.23. The number of aromatic nitrogens is 3. The molecule has 7 heteroatoms. The number of oxime groups is 1. The minimum Gasteiger partial charge on any atom is -0.385 e. The Balaban J connectivity index is 1.49. The molecule has 1 aliphatic rings. The fraction of sp³-hybridized carbons (Fsp3) is 0.207. The van der Waals surface area contributed by atoms with Gasteiger partial charge in [-0.2, -0.15) is 0 Å². The summed E-state index contributed by atoms with van der Waals surface area (Å²) in [5.74, 6) is -0.519. The van der Waals surface area contributed by atoms with Gasteiger partial charge in [-0.1, -0.05) is 30.3 Å². The summed E-state index contributed by atoms with van der Waals surface area (Å²) in [4.78, 5) is 31.8. The molecule has 2 unspecified atom stereocenters. The van der Waals surface area contributed by atoms with Crippen LogP contribution in [0, 0.1) is 12.7 Å². The molecule has 0 aliphatic carbocycles. The molecule has 6 nitrogen and oxygen atoms in total. The predicted molar refractivity (Wildman–Crippen MR) is 135 cm³/mol. The van der Waals surface area contributed by atoms with Crippen molar-refractivity contribution in [2.75, 3.05) is 0 Å². The molecule has 3 heterocycles. The molecule has 5 rings (SSSR count). The van der Waals surface area contributed by atoms with E-state index in [-0.39, 0.29) is 30.0 Å². The van der Waals surface area contributed by atoms with Gasteiger partial charge in [0.15, 0.2) is 11.9 Å². The molecule has 4 aromatic rings. The van der Waals surface area contributed by atoms with Crippen LogP contribution >= 0.6 is 0 Å². The van der Waals surface area contributed by atoms with Gasteiger partial charge in [0.2, 0.25) is 0 Å². The molecule has 0 saturated carbocycles. The second kappa shape index (κ2) is 10.2. The Hall–Kier alpha value is -4.26. The van der Waals surface area contributed by atoms with Crippen LogP contribution in [0.25, 0.3) is 11.1 Å². The van der Waals surface area contributed by atoms with Crippen LogP contribution in [0.2, 0.25) is 0 Å². The van der Waals surface area contributed by atoms with Gasteiger partial charge in [-0.3, -0.25) is 19.7 Å². The maximum atomic E-state index is 14.9. The van der Waals surface area contributed by atoms with Crippen LogP contribution in [-0.2, 0) is 4.84 Å². The summed E-state index contributed by atoms with van der Waals surface area (Å²) < 4.78 is 14.9. The molecule has 180 valence electrons. The van der Waals surface area contributed by atoms with Gasteiger partial charge in [-0.05, 0) is 54.4 Å². The van der Waals surface area contributed by atoms with Crippen molar-refractivity contribution in [1.82, 2.24) is 15.0 Å². The van der Waals surface area contributed by atoms with E-state index in [0.717, 1.165) is 22.5 Å². The summed E-state index contributed by atoms with van der Waals surface area (Å²) in [7, 11) is 0. The molecule has 0 amide bonds. The zero-order valence-corrected chi connectivity index (χ0v) is 20.1. The van der Waals surface area contributed by atoms with Crippen LogP contribution in [0.4, 0.5) is 4.39 Å². The summed E-state index contributed by atoms with van der Waals surface area (Å²) >= 11 is 0. The number of carbonyl (C=O) groups excluding carboxylic acids is 1. The lowest BCUT2D eigenvalue weighted by Crippen LogP contribution is -2.09. The van der Waals surface area contributed by atoms with Crippen LogP contribution < -0.4 is 0 Å². The van der Waals surface area contributed by atoms with Crippen LogP contribution in [0.15, 0.2) is 84.5 Å². The maximum absolute atomic E-state index is 14.9. The number of ketones is 1. The van der Waals surface area contributed by atoms with E-state index in [2.05, 4.69) is 20.1 Å². The molecule has 36 heavy (non-hydrogen) atoms. The molecule has 0 bridgehead atoms. The first-order valence-electron chi connectivity index (χ1n) is 11.8. The fourth-order valence-corrected chi connectivity index (χ4v) is 4.30. The van der Waals surface area contributed by atoms with Gasteiger partial charge in [0.05, 0.1) is 17.1 Å². The third kappa shape index (κ3) is 5.05. The highest BCUT2D eigenvalue weighted by Crippen LogP contribution is 2.32. The number of carbonyl (C=O) groups is 1. The van der Waals surface area contributed by atoms with Crippen molar-refractivity contribution >= 4 is 11.5 Å². The fourth-order valence-electron chi connectivity index (χ4n) is 4.30. The van der Waals surface area contributed by atoms with Crippen molar-refractivity contribution in [3.05, 3.63) is 113 Å². The summed E-state index contributed by atoms with van der Waals surface area (Å²) in [6.45, 7) is 3.78. The van der Waals surface area contributed by atoms with Gasteiger partial charge >= 0.3 is 0 Å². The van der Waals surface area contributed by atoms with E-state index in [0.29, 0.717) is 28.8 Å². The molecule has 0 N–H and O–H groups in total. The van der Waals surface area contributed by atoms with Gasteiger partial charge < -0.3 is 4.84 Å². The van der Waals surface area contributed by atoms with Gasteiger partial charge in [-0.25, -0.2) is 4.39 Å². The average Bonchev–Trinajstić information content (AvgIpc) is 3.40. The van der Waals surface area contributed by atoms with Crippen molar-refractivity contribution in [1.29, 1.82) is 0 Å². The molecule has 1 aliphatic heterocycles. The van der Waals surface area contributed by atoms with Crippen molar-refractivity contribution in [2.45, 2.75) is 38.7 Å². The normalized spacial score (nSPS) is 15.8.